The summed E-state index contributed by atoms with van der Waals surface area (Å²) in [7, 11) is 3.53. The van der Waals surface area contributed by atoms with Gasteiger partial charge >= 0.3 is 0 Å². The van der Waals surface area contributed by atoms with Crippen molar-refractivity contribution in [1.82, 2.24) is 10.6 Å². The highest BCUT2D eigenvalue weighted by atomic mass is 127. The summed E-state index contributed by atoms with van der Waals surface area (Å²) in [6.07, 6.45) is 2.38. The maximum Gasteiger partial charge on any atom is 0.191 e. The van der Waals surface area contributed by atoms with Crippen LogP contribution in [0.2, 0.25) is 0 Å². The van der Waals surface area contributed by atoms with Gasteiger partial charge < -0.3 is 15.4 Å². The first-order chi connectivity index (χ1) is 10.5. The van der Waals surface area contributed by atoms with Crippen LogP contribution in [0.1, 0.15) is 44.7 Å². The lowest BCUT2D eigenvalue weighted by Gasteiger charge is -2.19. The number of rotatable bonds is 8. The minimum atomic E-state index is 0. The molecule has 132 valence electrons. The topological polar surface area (TPSA) is 45.7 Å². The molecule has 1 aromatic rings. The largest absolute Gasteiger partial charge is 0.380 e. The van der Waals surface area contributed by atoms with Gasteiger partial charge in [0.1, 0.15) is 0 Å². The Morgan fingerprint density at radius 2 is 1.87 bits per heavy atom. The number of aliphatic imine (C=N–C) groups is 1. The summed E-state index contributed by atoms with van der Waals surface area (Å²) < 4.78 is 5.17. The molecule has 0 heterocycles. The predicted molar refractivity (Wildman–Crippen MR) is 109 cm³/mol. The van der Waals surface area contributed by atoms with E-state index in [1.54, 1.807) is 7.11 Å². The van der Waals surface area contributed by atoms with E-state index in [9.17, 15) is 0 Å². The molecule has 0 saturated heterocycles. The number of benzene rings is 1. The van der Waals surface area contributed by atoms with Crippen molar-refractivity contribution < 1.29 is 4.74 Å². The van der Waals surface area contributed by atoms with Crippen molar-refractivity contribution in [3.05, 3.63) is 35.4 Å². The van der Waals surface area contributed by atoms with Crippen molar-refractivity contribution in [2.75, 3.05) is 14.2 Å². The first kappa shape index (κ1) is 22.2. The Balaban J connectivity index is 0.00000484. The molecule has 1 aromatic carbocycles. The number of methoxy groups -OCH3 is 1. The van der Waals surface area contributed by atoms with Crippen molar-refractivity contribution in [2.24, 2.45) is 10.9 Å². The highest BCUT2D eigenvalue weighted by Gasteiger charge is 2.06. The fraction of sp³-hybridized carbons (Fsp3) is 0.611. The first-order valence-corrected chi connectivity index (χ1v) is 8.09. The molecular formula is C18H32IN3O. The van der Waals surface area contributed by atoms with Crippen LogP contribution in [0, 0.1) is 5.92 Å². The Kier molecular flexibility index (Phi) is 12.1. The molecule has 0 aliphatic rings. The summed E-state index contributed by atoms with van der Waals surface area (Å²) in [4.78, 5) is 4.30. The fourth-order valence-electron chi connectivity index (χ4n) is 2.27. The van der Waals surface area contributed by atoms with E-state index >= 15 is 0 Å². The van der Waals surface area contributed by atoms with Gasteiger partial charge in [0.15, 0.2) is 5.96 Å². The van der Waals surface area contributed by atoms with Gasteiger partial charge in [-0.25, -0.2) is 0 Å². The van der Waals surface area contributed by atoms with Crippen molar-refractivity contribution in [3.63, 3.8) is 0 Å². The Hall–Kier alpha value is -0.820. The summed E-state index contributed by atoms with van der Waals surface area (Å²) in [6, 6.07) is 8.84. The quantitative estimate of drug-likeness (QED) is 0.371. The zero-order chi connectivity index (χ0) is 16.4. The van der Waals surface area contributed by atoms with E-state index in [0.29, 0.717) is 12.6 Å². The molecule has 5 heteroatoms. The lowest BCUT2D eigenvalue weighted by molar-refractivity contribution is 0.185. The van der Waals surface area contributed by atoms with Crippen molar-refractivity contribution in [2.45, 2.75) is 52.8 Å². The van der Waals surface area contributed by atoms with E-state index < -0.39 is 0 Å². The third-order valence-corrected chi connectivity index (χ3v) is 3.55. The van der Waals surface area contributed by atoms with Crippen LogP contribution in [0.25, 0.3) is 0 Å². The van der Waals surface area contributed by atoms with Crippen LogP contribution in [-0.2, 0) is 17.9 Å². The van der Waals surface area contributed by atoms with Gasteiger partial charge in [-0.1, -0.05) is 38.1 Å². The van der Waals surface area contributed by atoms with Crippen LogP contribution in [0.4, 0.5) is 0 Å². The Morgan fingerprint density at radius 3 is 2.48 bits per heavy atom. The molecule has 4 nitrogen and oxygen atoms in total. The minimum Gasteiger partial charge on any atom is -0.380 e. The highest BCUT2D eigenvalue weighted by Crippen LogP contribution is 2.07. The molecule has 0 bridgehead atoms. The van der Waals surface area contributed by atoms with E-state index in [1.807, 2.05) is 7.05 Å². The van der Waals surface area contributed by atoms with Gasteiger partial charge in [-0.3, -0.25) is 4.99 Å². The van der Waals surface area contributed by atoms with Gasteiger partial charge in [-0.15, -0.1) is 24.0 Å². The molecule has 0 fully saturated rings. The first-order valence-electron chi connectivity index (χ1n) is 8.09. The Morgan fingerprint density at radius 1 is 1.17 bits per heavy atom. The van der Waals surface area contributed by atoms with Gasteiger partial charge in [0, 0.05) is 26.7 Å². The van der Waals surface area contributed by atoms with Crippen LogP contribution in [0.15, 0.2) is 29.3 Å². The average Bonchev–Trinajstić information content (AvgIpc) is 2.50. The molecule has 23 heavy (non-hydrogen) atoms. The van der Waals surface area contributed by atoms with Crippen molar-refractivity contribution >= 4 is 29.9 Å². The second kappa shape index (κ2) is 12.6. The molecule has 0 aliphatic carbocycles. The molecule has 1 rings (SSSR count). The van der Waals surface area contributed by atoms with Gasteiger partial charge in [0.05, 0.1) is 6.61 Å². The number of ether oxygens (including phenoxy) is 1. The van der Waals surface area contributed by atoms with Gasteiger partial charge in [-0.2, -0.15) is 0 Å². The monoisotopic (exact) mass is 433 g/mol. The van der Waals surface area contributed by atoms with Crippen LogP contribution < -0.4 is 10.6 Å². The number of guanidine groups is 1. The second-order valence-corrected chi connectivity index (χ2v) is 6.20. The maximum absolute atomic E-state index is 5.17. The second-order valence-electron chi connectivity index (χ2n) is 6.20. The maximum atomic E-state index is 5.17. The normalized spacial score (nSPS) is 12.7. The SMILES string of the molecule is CN=C(NCc1cccc(COC)c1)NC(C)CCC(C)C.I. The van der Waals surface area contributed by atoms with Crippen molar-refractivity contribution in [3.8, 4) is 0 Å². The van der Waals surface area contributed by atoms with Gasteiger partial charge in [0.25, 0.3) is 0 Å². The minimum absolute atomic E-state index is 0. The lowest BCUT2D eigenvalue weighted by Crippen LogP contribution is -2.41. The molecule has 0 aromatic heterocycles. The molecule has 2 N–H and O–H groups in total. The fourth-order valence-corrected chi connectivity index (χ4v) is 2.27. The molecule has 0 radical (unpaired) electrons. The number of nitrogens with one attached hydrogen (secondary N) is 2. The molecule has 0 spiro atoms. The molecule has 0 saturated carbocycles. The van der Waals surface area contributed by atoms with Gasteiger partial charge in [-0.05, 0) is 36.8 Å². The lowest BCUT2D eigenvalue weighted by atomic mass is 10.0. The smallest absolute Gasteiger partial charge is 0.191 e. The van der Waals surface area contributed by atoms with E-state index in [-0.39, 0.29) is 24.0 Å². The zero-order valence-electron chi connectivity index (χ0n) is 15.1. The molecular weight excluding hydrogens is 401 g/mol. The summed E-state index contributed by atoms with van der Waals surface area (Å²) in [5.74, 6) is 1.59. The summed E-state index contributed by atoms with van der Waals surface area (Å²) in [6.45, 7) is 8.12. The number of halogens is 1. The summed E-state index contributed by atoms with van der Waals surface area (Å²) >= 11 is 0. The standard InChI is InChI=1S/C18H31N3O.HI/c1-14(2)9-10-15(3)21-18(19-4)20-12-16-7-6-8-17(11-16)13-22-5;/h6-8,11,14-15H,9-10,12-13H2,1-5H3,(H2,19,20,21);1H. The van der Waals surface area contributed by atoms with Crippen LogP contribution in [0.5, 0.6) is 0 Å². The summed E-state index contributed by atoms with van der Waals surface area (Å²) in [5.41, 5.74) is 2.42. The van der Waals surface area contributed by atoms with E-state index in [4.69, 9.17) is 4.74 Å². The average molecular weight is 433 g/mol. The van der Waals surface area contributed by atoms with Crippen LogP contribution in [0.3, 0.4) is 0 Å². The zero-order valence-corrected chi connectivity index (χ0v) is 17.4. The Labute approximate surface area is 158 Å². The van der Waals surface area contributed by atoms with E-state index in [1.165, 1.54) is 17.5 Å². The van der Waals surface area contributed by atoms with E-state index in [2.05, 4.69) is 60.7 Å². The van der Waals surface area contributed by atoms with Crippen molar-refractivity contribution in [1.29, 1.82) is 0 Å². The number of hydrogen-bond acceptors (Lipinski definition) is 2. The molecule has 0 amide bonds. The van der Waals surface area contributed by atoms with E-state index in [0.717, 1.165) is 24.8 Å². The molecule has 0 aliphatic heterocycles. The van der Waals surface area contributed by atoms with Gasteiger partial charge in [0.2, 0.25) is 0 Å². The molecule has 1 unspecified atom stereocenters. The predicted octanol–water partition coefficient (Wildman–Crippen LogP) is 3.94. The highest BCUT2D eigenvalue weighted by molar-refractivity contribution is 14.0. The third-order valence-electron chi connectivity index (χ3n) is 3.55. The summed E-state index contributed by atoms with van der Waals surface area (Å²) in [5, 5.41) is 6.82. The molecule has 1 atom stereocenters. The number of nitrogens with zero attached hydrogens (tertiary/aromatic N) is 1. The number of hydrogen-bond donors (Lipinski definition) is 2. The van der Waals surface area contributed by atoms with Crippen LogP contribution >= 0.6 is 24.0 Å². The third kappa shape index (κ3) is 9.81. The Bertz CT molecular complexity index is 463. The van der Waals surface area contributed by atoms with Crippen LogP contribution in [-0.4, -0.2) is 26.2 Å².